The Morgan fingerprint density at radius 3 is 2.48 bits per heavy atom. The Labute approximate surface area is 136 Å². The van der Waals surface area contributed by atoms with Gasteiger partial charge < -0.3 is 10.1 Å². The Bertz CT molecular complexity index is 479. The molecule has 2 aromatic heterocycles. The first-order valence-electron chi connectivity index (χ1n) is 7.60. The monoisotopic (exact) mass is 323 g/mol. The minimum absolute atomic E-state index is 0.372. The van der Waals surface area contributed by atoms with Gasteiger partial charge in [-0.25, -0.2) is 0 Å². The number of hydrogen-bond donors (Lipinski definition) is 1. The molecule has 2 rings (SSSR count). The lowest BCUT2D eigenvalue weighted by Crippen LogP contribution is -2.40. The number of hydrogen-bond acceptors (Lipinski definition) is 4. The maximum atomic E-state index is 5.65. The van der Waals surface area contributed by atoms with E-state index in [0.29, 0.717) is 18.0 Å². The van der Waals surface area contributed by atoms with Gasteiger partial charge in [-0.05, 0) is 35.7 Å². The molecule has 1 N–H and O–H groups in total. The predicted octanol–water partition coefficient (Wildman–Crippen LogP) is 4.74. The topological polar surface area (TPSA) is 21.3 Å². The van der Waals surface area contributed by atoms with Crippen molar-refractivity contribution in [2.45, 2.75) is 39.3 Å². The number of nitrogens with one attached hydrogen (secondary N) is 1. The van der Waals surface area contributed by atoms with Crippen LogP contribution in [0.5, 0.6) is 0 Å². The molecule has 21 heavy (non-hydrogen) atoms. The number of ether oxygens (including phenoxy) is 1. The summed E-state index contributed by atoms with van der Waals surface area (Å²) in [5.74, 6) is 0.558. The van der Waals surface area contributed by atoms with Crippen LogP contribution in [0.15, 0.2) is 35.0 Å². The Balaban J connectivity index is 2.07. The second-order valence-corrected chi connectivity index (χ2v) is 7.54. The van der Waals surface area contributed by atoms with E-state index in [1.807, 2.05) is 22.7 Å². The zero-order chi connectivity index (χ0) is 15.1. The third-order valence-corrected chi connectivity index (χ3v) is 5.48. The van der Waals surface area contributed by atoms with Gasteiger partial charge in [-0.3, -0.25) is 0 Å². The molecular weight excluding hydrogens is 298 g/mol. The first-order chi connectivity index (χ1) is 10.2. The quantitative estimate of drug-likeness (QED) is 0.719. The minimum Gasteiger partial charge on any atom is -0.380 e. The highest BCUT2D eigenvalue weighted by molar-refractivity contribution is 7.10. The molecule has 2 unspecified atom stereocenters. The van der Waals surface area contributed by atoms with Crippen LogP contribution in [0.2, 0.25) is 0 Å². The fourth-order valence-electron chi connectivity index (χ4n) is 2.30. The molecule has 0 aliphatic rings. The lowest BCUT2D eigenvalue weighted by Gasteiger charge is -2.27. The van der Waals surface area contributed by atoms with Crippen molar-refractivity contribution >= 4 is 22.7 Å². The van der Waals surface area contributed by atoms with Gasteiger partial charge >= 0.3 is 0 Å². The molecule has 0 aromatic carbocycles. The highest BCUT2D eigenvalue weighted by atomic mass is 32.1. The SMILES string of the molecule is CCOCC(NC(Cc1cccs1)c1cccs1)C(C)C. The molecule has 0 fully saturated rings. The van der Waals surface area contributed by atoms with Crippen molar-refractivity contribution in [1.29, 1.82) is 0 Å². The molecule has 2 atom stereocenters. The molecule has 0 saturated heterocycles. The molecule has 0 aliphatic heterocycles. The Kier molecular flexibility index (Phi) is 6.90. The maximum absolute atomic E-state index is 5.65. The Morgan fingerprint density at radius 2 is 1.90 bits per heavy atom. The number of rotatable bonds is 9. The summed E-state index contributed by atoms with van der Waals surface area (Å²) in [5.41, 5.74) is 0. The summed E-state index contributed by atoms with van der Waals surface area (Å²) in [5, 5.41) is 8.13. The van der Waals surface area contributed by atoms with Crippen LogP contribution in [0.3, 0.4) is 0 Å². The summed E-state index contributed by atoms with van der Waals surface area (Å²) in [6.45, 7) is 8.13. The standard InChI is InChI=1S/C17H25NOS2/c1-4-19-12-16(13(2)3)18-15(17-8-6-10-21-17)11-14-7-5-9-20-14/h5-10,13,15-16,18H,4,11-12H2,1-3H3. The van der Waals surface area contributed by atoms with E-state index in [9.17, 15) is 0 Å². The van der Waals surface area contributed by atoms with Crippen molar-refractivity contribution in [2.24, 2.45) is 5.92 Å². The summed E-state index contributed by atoms with van der Waals surface area (Å²) < 4.78 is 5.65. The van der Waals surface area contributed by atoms with Gasteiger partial charge in [-0.1, -0.05) is 26.0 Å². The predicted molar refractivity (Wildman–Crippen MR) is 93.3 cm³/mol. The molecule has 0 spiro atoms. The fourth-order valence-corrected chi connectivity index (χ4v) is 3.84. The van der Waals surface area contributed by atoms with E-state index in [4.69, 9.17) is 4.74 Å². The fraction of sp³-hybridized carbons (Fsp3) is 0.529. The zero-order valence-electron chi connectivity index (χ0n) is 13.0. The van der Waals surface area contributed by atoms with Crippen LogP contribution in [0.25, 0.3) is 0 Å². The van der Waals surface area contributed by atoms with Crippen LogP contribution in [0.4, 0.5) is 0 Å². The van der Waals surface area contributed by atoms with Gasteiger partial charge in [0.1, 0.15) is 0 Å². The van der Waals surface area contributed by atoms with Crippen LogP contribution in [0, 0.1) is 5.92 Å². The minimum atomic E-state index is 0.372. The smallest absolute Gasteiger partial charge is 0.0622 e. The van der Waals surface area contributed by atoms with Crippen LogP contribution in [-0.4, -0.2) is 19.3 Å². The summed E-state index contributed by atoms with van der Waals surface area (Å²) >= 11 is 3.67. The highest BCUT2D eigenvalue weighted by Crippen LogP contribution is 2.26. The lowest BCUT2D eigenvalue weighted by molar-refractivity contribution is 0.103. The molecule has 0 saturated carbocycles. The van der Waals surface area contributed by atoms with E-state index in [1.165, 1.54) is 9.75 Å². The molecular formula is C17H25NOS2. The van der Waals surface area contributed by atoms with Crippen molar-refractivity contribution < 1.29 is 4.74 Å². The van der Waals surface area contributed by atoms with Gasteiger partial charge in [-0.15, -0.1) is 22.7 Å². The summed E-state index contributed by atoms with van der Waals surface area (Å²) in [6, 6.07) is 9.48. The third kappa shape index (κ3) is 5.22. The first kappa shape index (κ1) is 16.7. The second-order valence-electron chi connectivity index (χ2n) is 5.53. The largest absolute Gasteiger partial charge is 0.380 e. The van der Waals surface area contributed by atoms with Crippen molar-refractivity contribution in [2.75, 3.05) is 13.2 Å². The molecule has 0 amide bonds. The first-order valence-corrected chi connectivity index (χ1v) is 9.36. The average molecular weight is 324 g/mol. The third-order valence-electron chi connectivity index (χ3n) is 3.59. The molecule has 2 nitrogen and oxygen atoms in total. The van der Waals surface area contributed by atoms with E-state index < -0.39 is 0 Å². The van der Waals surface area contributed by atoms with Gasteiger partial charge in [0.2, 0.25) is 0 Å². The normalized spacial score (nSPS) is 14.5. The van der Waals surface area contributed by atoms with Crippen molar-refractivity contribution in [3.8, 4) is 0 Å². The van der Waals surface area contributed by atoms with E-state index in [0.717, 1.165) is 19.6 Å². The van der Waals surface area contributed by atoms with E-state index in [1.54, 1.807) is 0 Å². The van der Waals surface area contributed by atoms with Crippen LogP contribution in [0.1, 0.15) is 36.6 Å². The van der Waals surface area contributed by atoms with Gasteiger partial charge in [0, 0.05) is 34.9 Å². The van der Waals surface area contributed by atoms with Crippen LogP contribution < -0.4 is 5.32 Å². The second kappa shape index (κ2) is 8.69. The summed E-state index contributed by atoms with van der Waals surface area (Å²) in [4.78, 5) is 2.84. The van der Waals surface area contributed by atoms with Crippen molar-refractivity contribution in [1.82, 2.24) is 5.32 Å². The van der Waals surface area contributed by atoms with Crippen molar-refractivity contribution in [3.63, 3.8) is 0 Å². The number of thiophene rings is 2. The van der Waals surface area contributed by atoms with Crippen LogP contribution in [-0.2, 0) is 11.2 Å². The Morgan fingerprint density at radius 1 is 1.14 bits per heavy atom. The molecule has 0 aliphatic carbocycles. The molecule has 2 heterocycles. The van der Waals surface area contributed by atoms with E-state index in [-0.39, 0.29) is 0 Å². The van der Waals surface area contributed by atoms with Gasteiger partial charge in [0.25, 0.3) is 0 Å². The van der Waals surface area contributed by atoms with Gasteiger partial charge in [0.15, 0.2) is 0 Å². The lowest BCUT2D eigenvalue weighted by atomic mass is 10.0. The zero-order valence-corrected chi connectivity index (χ0v) is 14.7. The van der Waals surface area contributed by atoms with Gasteiger partial charge in [-0.2, -0.15) is 0 Å². The Hall–Kier alpha value is -0.680. The van der Waals surface area contributed by atoms with Crippen molar-refractivity contribution in [3.05, 3.63) is 44.8 Å². The van der Waals surface area contributed by atoms with Gasteiger partial charge in [0.05, 0.1) is 6.61 Å². The molecule has 116 valence electrons. The van der Waals surface area contributed by atoms with Crippen LogP contribution >= 0.6 is 22.7 Å². The average Bonchev–Trinajstić information content (AvgIpc) is 3.14. The summed E-state index contributed by atoms with van der Waals surface area (Å²) in [7, 11) is 0. The van der Waals surface area contributed by atoms with E-state index in [2.05, 4.69) is 61.1 Å². The molecule has 0 bridgehead atoms. The molecule has 4 heteroatoms. The maximum Gasteiger partial charge on any atom is 0.0622 e. The summed E-state index contributed by atoms with van der Waals surface area (Å²) in [6.07, 6.45) is 1.05. The highest BCUT2D eigenvalue weighted by Gasteiger charge is 2.21. The van der Waals surface area contributed by atoms with E-state index >= 15 is 0 Å². The molecule has 2 aromatic rings. The molecule has 0 radical (unpaired) electrons.